The molecule has 3 rings (SSSR count). The Morgan fingerprint density at radius 2 is 1.76 bits per heavy atom. The first kappa shape index (κ1) is 18.1. The highest BCUT2D eigenvalue weighted by Crippen LogP contribution is 2.32. The summed E-state index contributed by atoms with van der Waals surface area (Å²) in [7, 11) is -3.56. The molecule has 0 fully saturated rings. The highest BCUT2D eigenvalue weighted by molar-refractivity contribution is 7.99. The van der Waals surface area contributed by atoms with Crippen molar-refractivity contribution in [2.45, 2.75) is 23.6 Å². The quantitative estimate of drug-likeness (QED) is 0.617. The van der Waals surface area contributed by atoms with Gasteiger partial charge in [0.1, 0.15) is 13.2 Å². The summed E-state index contributed by atoms with van der Waals surface area (Å²) in [5.74, 6) is 1.71. The summed E-state index contributed by atoms with van der Waals surface area (Å²) in [5, 5.41) is 0. The predicted octanol–water partition coefficient (Wildman–Crippen LogP) is 3.15. The average molecular weight is 380 g/mol. The number of rotatable bonds is 6. The van der Waals surface area contributed by atoms with Crippen LogP contribution in [-0.2, 0) is 10.0 Å². The topological polar surface area (TPSA) is 64.6 Å². The first-order valence-electron chi connectivity index (χ1n) is 8.05. The summed E-state index contributed by atoms with van der Waals surface area (Å²) < 4.78 is 38.3. The highest BCUT2D eigenvalue weighted by atomic mass is 32.2. The molecule has 0 bridgehead atoms. The third kappa shape index (κ3) is 4.48. The Hall–Kier alpha value is -1.70. The zero-order valence-corrected chi connectivity index (χ0v) is 15.9. The number of sulfonamides is 1. The zero-order valence-electron chi connectivity index (χ0n) is 14.2. The van der Waals surface area contributed by atoms with Crippen molar-refractivity contribution in [3.05, 3.63) is 47.5 Å². The van der Waals surface area contributed by atoms with Gasteiger partial charge in [-0.05, 0) is 49.2 Å². The maximum atomic E-state index is 12.4. The Labute approximate surface area is 152 Å². The summed E-state index contributed by atoms with van der Waals surface area (Å²) >= 11 is 1.63. The van der Waals surface area contributed by atoms with Gasteiger partial charge in [-0.1, -0.05) is 6.07 Å². The minimum Gasteiger partial charge on any atom is -0.486 e. The summed E-state index contributed by atoms with van der Waals surface area (Å²) in [6.07, 6.45) is 0. The van der Waals surface area contributed by atoms with Gasteiger partial charge in [-0.3, -0.25) is 0 Å². The predicted molar refractivity (Wildman–Crippen MR) is 99.3 cm³/mol. The van der Waals surface area contributed by atoms with Gasteiger partial charge in [-0.2, -0.15) is 0 Å². The van der Waals surface area contributed by atoms with E-state index in [0.29, 0.717) is 37.0 Å². The molecule has 1 heterocycles. The Kier molecular flexibility index (Phi) is 5.56. The van der Waals surface area contributed by atoms with Crippen molar-refractivity contribution in [3.63, 3.8) is 0 Å². The molecule has 1 N–H and O–H groups in total. The summed E-state index contributed by atoms with van der Waals surface area (Å²) in [6, 6.07) is 10.9. The molecule has 5 nitrogen and oxygen atoms in total. The molecule has 0 atom stereocenters. The number of aryl methyl sites for hydroxylation is 2. The molecule has 134 valence electrons. The van der Waals surface area contributed by atoms with Crippen molar-refractivity contribution in [1.82, 2.24) is 4.72 Å². The Morgan fingerprint density at radius 1 is 1.00 bits per heavy atom. The Balaban J connectivity index is 1.57. The number of thioether (sulfide) groups is 1. The van der Waals surface area contributed by atoms with Gasteiger partial charge in [0.2, 0.25) is 10.0 Å². The molecule has 25 heavy (non-hydrogen) atoms. The van der Waals surface area contributed by atoms with Crippen LogP contribution < -0.4 is 14.2 Å². The second-order valence-corrected chi connectivity index (χ2v) is 8.73. The second kappa shape index (κ2) is 7.68. The van der Waals surface area contributed by atoms with Gasteiger partial charge in [-0.15, -0.1) is 11.8 Å². The fourth-order valence-corrected chi connectivity index (χ4v) is 4.46. The van der Waals surface area contributed by atoms with Crippen LogP contribution in [0.2, 0.25) is 0 Å². The van der Waals surface area contributed by atoms with Crippen molar-refractivity contribution in [2.75, 3.05) is 25.5 Å². The van der Waals surface area contributed by atoms with E-state index in [1.807, 2.05) is 0 Å². The van der Waals surface area contributed by atoms with E-state index in [1.54, 1.807) is 17.8 Å². The van der Waals surface area contributed by atoms with Crippen LogP contribution in [0.5, 0.6) is 11.5 Å². The molecule has 0 amide bonds. The fourth-order valence-electron chi connectivity index (χ4n) is 2.42. The monoisotopic (exact) mass is 379 g/mol. The third-order valence-corrected chi connectivity index (χ3v) is 6.42. The van der Waals surface area contributed by atoms with E-state index in [4.69, 9.17) is 9.47 Å². The van der Waals surface area contributed by atoms with E-state index in [1.165, 1.54) is 23.3 Å². The van der Waals surface area contributed by atoms with Gasteiger partial charge in [0.15, 0.2) is 11.5 Å². The SMILES string of the molecule is Cc1ccc(SCCNS(=O)(=O)c2ccc3c(c2)OCCO3)cc1C. The van der Waals surface area contributed by atoms with Crippen molar-refractivity contribution in [1.29, 1.82) is 0 Å². The van der Waals surface area contributed by atoms with Crippen LogP contribution in [0.1, 0.15) is 11.1 Å². The van der Waals surface area contributed by atoms with Gasteiger partial charge in [0.25, 0.3) is 0 Å². The van der Waals surface area contributed by atoms with E-state index in [0.717, 1.165) is 4.90 Å². The number of ether oxygens (including phenoxy) is 2. The third-order valence-electron chi connectivity index (χ3n) is 3.97. The van der Waals surface area contributed by atoms with Crippen molar-refractivity contribution < 1.29 is 17.9 Å². The molecule has 2 aromatic carbocycles. The number of hydrogen-bond acceptors (Lipinski definition) is 5. The van der Waals surface area contributed by atoms with Crippen molar-refractivity contribution in [2.24, 2.45) is 0 Å². The Bertz CT molecular complexity index is 865. The van der Waals surface area contributed by atoms with Gasteiger partial charge >= 0.3 is 0 Å². The van der Waals surface area contributed by atoms with Gasteiger partial charge in [-0.25, -0.2) is 13.1 Å². The number of fused-ring (bicyclic) bond motifs is 1. The summed E-state index contributed by atoms with van der Waals surface area (Å²) in [5.41, 5.74) is 2.49. The van der Waals surface area contributed by atoms with Crippen LogP contribution in [0.4, 0.5) is 0 Å². The number of hydrogen-bond donors (Lipinski definition) is 1. The molecule has 0 spiro atoms. The summed E-state index contributed by atoms with van der Waals surface area (Å²) in [4.78, 5) is 1.33. The van der Waals surface area contributed by atoms with Crippen molar-refractivity contribution in [3.8, 4) is 11.5 Å². The van der Waals surface area contributed by atoms with Crippen LogP contribution in [0.3, 0.4) is 0 Å². The molecule has 0 radical (unpaired) electrons. The van der Waals surface area contributed by atoms with Gasteiger partial charge in [0, 0.05) is 23.3 Å². The number of nitrogens with one attached hydrogen (secondary N) is 1. The average Bonchev–Trinajstić information content (AvgIpc) is 2.61. The molecule has 0 saturated carbocycles. The van der Waals surface area contributed by atoms with E-state index in [2.05, 4.69) is 36.8 Å². The standard InChI is InChI=1S/C18H21NO4S2/c1-13-3-4-15(11-14(13)2)24-10-7-19-25(20,21)16-5-6-17-18(12-16)23-9-8-22-17/h3-6,11-12,19H,7-10H2,1-2H3. The van der Waals surface area contributed by atoms with Crippen molar-refractivity contribution >= 4 is 21.8 Å². The molecular weight excluding hydrogens is 358 g/mol. The summed E-state index contributed by atoms with van der Waals surface area (Å²) in [6.45, 7) is 5.41. The van der Waals surface area contributed by atoms with Crippen LogP contribution in [0.15, 0.2) is 46.2 Å². The van der Waals surface area contributed by atoms with Crippen LogP contribution in [-0.4, -0.2) is 33.9 Å². The molecule has 1 aliphatic heterocycles. The number of benzene rings is 2. The lowest BCUT2D eigenvalue weighted by molar-refractivity contribution is 0.171. The molecule has 0 unspecified atom stereocenters. The first-order valence-corrected chi connectivity index (χ1v) is 10.5. The lowest BCUT2D eigenvalue weighted by Crippen LogP contribution is -2.26. The van der Waals surface area contributed by atoms with Gasteiger partial charge in [0.05, 0.1) is 4.90 Å². The highest BCUT2D eigenvalue weighted by Gasteiger charge is 2.18. The van der Waals surface area contributed by atoms with Crippen LogP contribution in [0.25, 0.3) is 0 Å². The zero-order chi connectivity index (χ0) is 17.9. The largest absolute Gasteiger partial charge is 0.486 e. The van der Waals surface area contributed by atoms with E-state index in [9.17, 15) is 8.42 Å². The fraction of sp³-hybridized carbons (Fsp3) is 0.333. The second-order valence-electron chi connectivity index (χ2n) is 5.80. The lowest BCUT2D eigenvalue weighted by Gasteiger charge is -2.18. The van der Waals surface area contributed by atoms with E-state index >= 15 is 0 Å². The first-order chi connectivity index (χ1) is 12.0. The molecule has 7 heteroatoms. The minimum absolute atomic E-state index is 0.188. The maximum Gasteiger partial charge on any atom is 0.240 e. The van der Waals surface area contributed by atoms with Gasteiger partial charge < -0.3 is 9.47 Å². The molecule has 0 aliphatic carbocycles. The smallest absolute Gasteiger partial charge is 0.240 e. The lowest BCUT2D eigenvalue weighted by atomic mass is 10.1. The van der Waals surface area contributed by atoms with E-state index in [-0.39, 0.29) is 4.90 Å². The molecular formula is C18H21NO4S2. The molecule has 0 saturated heterocycles. The molecule has 0 aromatic heterocycles. The van der Waals surface area contributed by atoms with E-state index < -0.39 is 10.0 Å². The maximum absolute atomic E-state index is 12.4. The normalized spacial score (nSPS) is 13.7. The molecule has 1 aliphatic rings. The molecule has 2 aromatic rings. The Morgan fingerprint density at radius 3 is 2.52 bits per heavy atom. The minimum atomic E-state index is -3.56. The van der Waals surface area contributed by atoms with Crippen LogP contribution in [0, 0.1) is 13.8 Å². The van der Waals surface area contributed by atoms with Crippen LogP contribution >= 0.6 is 11.8 Å².